The van der Waals surface area contributed by atoms with Gasteiger partial charge in [0.1, 0.15) is 0 Å². The molecule has 4 N–H and O–H groups in total. The predicted octanol–water partition coefficient (Wildman–Crippen LogP) is 3.61. The number of para-hydroxylation sites is 1. The van der Waals surface area contributed by atoms with Gasteiger partial charge in [0.2, 0.25) is 16.0 Å². The van der Waals surface area contributed by atoms with E-state index in [0.29, 0.717) is 59.6 Å². The van der Waals surface area contributed by atoms with Crippen LogP contribution in [0.2, 0.25) is 5.02 Å². The molecule has 3 heterocycles. The first kappa shape index (κ1) is 21.0. The smallest absolute Gasteiger partial charge is 0.239 e. The normalized spacial score (nSPS) is 19.7. The molecule has 0 bridgehead atoms. The van der Waals surface area contributed by atoms with Gasteiger partial charge in [0.25, 0.3) is 0 Å². The van der Waals surface area contributed by atoms with Crippen molar-refractivity contribution < 1.29 is 8.42 Å². The molecule has 1 aliphatic heterocycles. The van der Waals surface area contributed by atoms with Crippen molar-refractivity contribution in [2.45, 2.75) is 25.3 Å². The summed E-state index contributed by atoms with van der Waals surface area (Å²) in [5.74, 6) is 0.423. The summed E-state index contributed by atoms with van der Waals surface area (Å²) in [6.45, 7) is 0.798. The van der Waals surface area contributed by atoms with E-state index in [-0.39, 0.29) is 6.04 Å². The lowest BCUT2D eigenvalue weighted by Gasteiger charge is -2.20. The highest BCUT2D eigenvalue weighted by Gasteiger charge is 2.34. The summed E-state index contributed by atoms with van der Waals surface area (Å²) in [7, 11) is -3.50. The molecular formula is C22H23ClN6O2S. The standard InChI is InChI=1S/C22H23ClN6O2S/c23-19-12-26-22(28-21(19)18-11-25-20-4-2-1-3-17(18)20)27-15-9-10-29(13-15)32(30,31)16-7-5-14(24)6-8-16/h1-5,7,11-12,15,25H,6,8-10,13,24H2,(H,26,27,28)/t15-/m1/s1. The Hall–Kier alpha value is -2.88. The molecule has 1 saturated heterocycles. The lowest BCUT2D eigenvalue weighted by Crippen LogP contribution is -2.33. The number of aromatic nitrogens is 3. The lowest BCUT2D eigenvalue weighted by molar-refractivity contribution is 0.478. The summed E-state index contributed by atoms with van der Waals surface area (Å²) in [4.78, 5) is 12.6. The minimum atomic E-state index is -3.50. The zero-order chi connectivity index (χ0) is 22.3. The van der Waals surface area contributed by atoms with Crippen molar-refractivity contribution in [1.29, 1.82) is 0 Å². The molecule has 32 heavy (non-hydrogen) atoms. The number of nitrogens with two attached hydrogens (primary N) is 1. The van der Waals surface area contributed by atoms with Crippen LogP contribution in [0.25, 0.3) is 22.2 Å². The minimum absolute atomic E-state index is 0.0911. The Labute approximate surface area is 191 Å². The number of halogens is 1. The van der Waals surface area contributed by atoms with Crippen molar-refractivity contribution in [3.63, 3.8) is 0 Å². The van der Waals surface area contributed by atoms with Crippen LogP contribution in [0, 0.1) is 0 Å². The monoisotopic (exact) mass is 470 g/mol. The third kappa shape index (κ3) is 3.87. The summed E-state index contributed by atoms with van der Waals surface area (Å²) >= 11 is 6.41. The van der Waals surface area contributed by atoms with E-state index in [1.807, 2.05) is 30.5 Å². The number of H-pyrrole nitrogens is 1. The van der Waals surface area contributed by atoms with Crippen molar-refractivity contribution >= 4 is 38.5 Å². The number of anilines is 1. The highest BCUT2D eigenvalue weighted by Crippen LogP contribution is 2.33. The number of benzene rings is 1. The highest BCUT2D eigenvalue weighted by atomic mass is 35.5. The van der Waals surface area contributed by atoms with Crippen molar-refractivity contribution in [3.8, 4) is 11.3 Å². The molecule has 8 nitrogen and oxygen atoms in total. The zero-order valence-electron chi connectivity index (χ0n) is 17.3. The molecule has 2 aromatic heterocycles. The minimum Gasteiger partial charge on any atom is -0.402 e. The largest absolute Gasteiger partial charge is 0.402 e. The van der Waals surface area contributed by atoms with Gasteiger partial charge in [-0.2, -0.15) is 4.31 Å². The summed E-state index contributed by atoms with van der Waals surface area (Å²) in [6.07, 6.45) is 8.41. The molecule has 0 saturated carbocycles. The van der Waals surface area contributed by atoms with Crippen LogP contribution in [-0.4, -0.2) is 46.8 Å². The first-order valence-electron chi connectivity index (χ1n) is 10.4. The lowest BCUT2D eigenvalue weighted by atomic mass is 10.1. The summed E-state index contributed by atoms with van der Waals surface area (Å²) < 4.78 is 27.5. The van der Waals surface area contributed by atoms with Crippen LogP contribution in [0.3, 0.4) is 0 Å². The molecule has 0 unspecified atom stereocenters. The number of hydrogen-bond donors (Lipinski definition) is 3. The Morgan fingerprint density at radius 3 is 2.88 bits per heavy atom. The van der Waals surface area contributed by atoms with Crippen molar-refractivity contribution in [3.05, 3.63) is 64.4 Å². The molecule has 1 fully saturated rings. The number of aromatic amines is 1. The fourth-order valence-corrected chi connectivity index (χ4v) is 6.00. The van der Waals surface area contributed by atoms with Crippen molar-refractivity contribution in [2.75, 3.05) is 18.4 Å². The molecule has 2 aliphatic rings. The van der Waals surface area contributed by atoms with Gasteiger partial charge in [0, 0.05) is 47.5 Å². The third-order valence-corrected chi connectivity index (χ3v) is 8.18. The summed E-state index contributed by atoms with van der Waals surface area (Å²) in [6, 6.07) is 7.84. The van der Waals surface area contributed by atoms with Crippen molar-refractivity contribution in [2.24, 2.45) is 5.73 Å². The Kier molecular flexibility index (Phi) is 5.40. The number of nitrogens with zero attached hydrogens (tertiary/aromatic N) is 3. The molecule has 0 amide bonds. The van der Waals surface area contributed by atoms with E-state index in [1.54, 1.807) is 18.3 Å². The van der Waals surface area contributed by atoms with E-state index in [9.17, 15) is 8.42 Å². The average molecular weight is 471 g/mol. The molecule has 3 aromatic rings. The van der Waals surface area contributed by atoms with Crippen LogP contribution in [0.5, 0.6) is 0 Å². The van der Waals surface area contributed by atoms with Gasteiger partial charge in [-0.25, -0.2) is 18.4 Å². The fourth-order valence-electron chi connectivity index (χ4n) is 4.15. The fraction of sp³-hybridized carbons (Fsp3) is 0.273. The molecule has 0 radical (unpaired) electrons. The molecule has 10 heteroatoms. The number of nitrogens with one attached hydrogen (secondary N) is 2. The Balaban J connectivity index is 1.34. The van der Waals surface area contributed by atoms with Gasteiger partial charge in [0.05, 0.1) is 21.8 Å². The quantitative estimate of drug-likeness (QED) is 0.524. The molecule has 1 aromatic carbocycles. The van der Waals surface area contributed by atoms with Crippen LogP contribution in [-0.2, 0) is 10.0 Å². The number of sulfonamides is 1. The Bertz CT molecular complexity index is 1350. The molecule has 0 spiro atoms. The Morgan fingerprint density at radius 1 is 1.22 bits per heavy atom. The Morgan fingerprint density at radius 2 is 2.06 bits per heavy atom. The molecule has 1 atom stereocenters. The van der Waals surface area contributed by atoms with Gasteiger partial charge in [-0.1, -0.05) is 29.8 Å². The number of fused-ring (bicyclic) bond motifs is 1. The molecule has 166 valence electrons. The van der Waals surface area contributed by atoms with E-state index < -0.39 is 10.0 Å². The molecular weight excluding hydrogens is 448 g/mol. The van der Waals surface area contributed by atoms with Crippen LogP contribution < -0.4 is 11.1 Å². The number of allylic oxidation sites excluding steroid dienone is 4. The van der Waals surface area contributed by atoms with Crippen molar-refractivity contribution in [1.82, 2.24) is 19.3 Å². The summed E-state index contributed by atoms with van der Waals surface area (Å²) in [5, 5.41) is 4.75. The maximum Gasteiger partial charge on any atom is 0.239 e. The molecule has 5 rings (SSSR count). The van der Waals surface area contributed by atoms with Crippen LogP contribution in [0.1, 0.15) is 19.3 Å². The van der Waals surface area contributed by atoms with Gasteiger partial charge in [-0.15, -0.1) is 0 Å². The highest BCUT2D eigenvalue weighted by molar-refractivity contribution is 7.93. The average Bonchev–Trinajstić information content (AvgIpc) is 3.43. The van der Waals surface area contributed by atoms with Gasteiger partial charge in [-0.05, 0) is 37.5 Å². The van der Waals surface area contributed by atoms with E-state index in [1.165, 1.54) is 4.31 Å². The van der Waals surface area contributed by atoms with E-state index >= 15 is 0 Å². The maximum atomic E-state index is 13.0. The second kappa shape index (κ2) is 8.23. The summed E-state index contributed by atoms with van der Waals surface area (Å²) in [5.41, 5.74) is 8.98. The van der Waals surface area contributed by atoms with Gasteiger partial charge in [0.15, 0.2) is 0 Å². The van der Waals surface area contributed by atoms with Crippen LogP contribution in [0.4, 0.5) is 5.95 Å². The predicted molar refractivity (Wildman–Crippen MR) is 126 cm³/mol. The van der Waals surface area contributed by atoms with E-state index in [2.05, 4.69) is 20.3 Å². The number of hydrogen-bond acceptors (Lipinski definition) is 6. The second-order valence-corrected chi connectivity index (χ2v) is 10.4. The second-order valence-electron chi connectivity index (χ2n) is 8.01. The maximum absolute atomic E-state index is 13.0. The van der Waals surface area contributed by atoms with Crippen LogP contribution in [0.15, 0.2) is 59.4 Å². The van der Waals surface area contributed by atoms with Gasteiger partial charge in [-0.3, -0.25) is 0 Å². The van der Waals surface area contributed by atoms with Gasteiger partial charge >= 0.3 is 0 Å². The van der Waals surface area contributed by atoms with E-state index in [4.69, 9.17) is 17.3 Å². The zero-order valence-corrected chi connectivity index (χ0v) is 18.8. The molecule has 1 aliphatic carbocycles. The van der Waals surface area contributed by atoms with Crippen LogP contribution >= 0.6 is 11.6 Å². The first-order valence-corrected chi connectivity index (χ1v) is 12.2. The van der Waals surface area contributed by atoms with Gasteiger partial charge < -0.3 is 16.0 Å². The van der Waals surface area contributed by atoms with E-state index in [0.717, 1.165) is 16.5 Å². The SMILES string of the molecule is NC1=CC=C(S(=O)(=O)N2CC[C@@H](Nc3ncc(Cl)c(-c4c[nH]c5ccccc45)n3)C2)CC1. The topological polar surface area (TPSA) is 117 Å². The number of rotatable bonds is 5. The third-order valence-electron chi connectivity index (χ3n) is 5.89. The first-order chi connectivity index (χ1) is 15.4.